The molecule has 0 saturated carbocycles. The van der Waals surface area contributed by atoms with E-state index in [0.29, 0.717) is 6.54 Å². The van der Waals surface area contributed by atoms with Gasteiger partial charge in [0.25, 0.3) is 5.97 Å². The maximum Gasteiger partial charge on any atom is 0.300 e. The van der Waals surface area contributed by atoms with Crippen molar-refractivity contribution in [1.82, 2.24) is 5.32 Å². The van der Waals surface area contributed by atoms with Gasteiger partial charge in [-0.15, -0.1) is 0 Å². The van der Waals surface area contributed by atoms with E-state index in [4.69, 9.17) is 15.6 Å². The second kappa shape index (κ2) is 11.8. The van der Waals surface area contributed by atoms with Crippen molar-refractivity contribution in [2.45, 2.75) is 18.8 Å². The van der Waals surface area contributed by atoms with Crippen molar-refractivity contribution in [3.05, 3.63) is 108 Å². The molecule has 3 aromatic rings. The molecule has 0 bridgehead atoms. The number of carbonyl (C=O) groups is 1. The summed E-state index contributed by atoms with van der Waals surface area (Å²) >= 11 is 0. The lowest BCUT2D eigenvalue weighted by molar-refractivity contribution is -0.134. The first-order valence-corrected chi connectivity index (χ1v) is 9.88. The van der Waals surface area contributed by atoms with E-state index < -0.39 is 5.97 Å². The lowest BCUT2D eigenvalue weighted by atomic mass is 9.67. The molecule has 0 saturated heterocycles. The topological polar surface area (TPSA) is 75.3 Å². The Morgan fingerprint density at radius 3 is 1.45 bits per heavy atom. The van der Waals surface area contributed by atoms with Crippen LogP contribution in [-0.4, -0.2) is 30.7 Å². The third-order valence-corrected chi connectivity index (χ3v) is 4.80. The molecule has 0 heterocycles. The summed E-state index contributed by atoms with van der Waals surface area (Å²) < 4.78 is 0. The molecule has 0 aliphatic carbocycles. The second-order valence-electron chi connectivity index (χ2n) is 6.81. The average molecular weight is 391 g/mol. The molecule has 152 valence electrons. The lowest BCUT2D eigenvalue weighted by Gasteiger charge is -2.36. The highest BCUT2D eigenvalue weighted by Gasteiger charge is 2.35. The van der Waals surface area contributed by atoms with Crippen molar-refractivity contribution in [3.63, 3.8) is 0 Å². The van der Waals surface area contributed by atoms with Crippen molar-refractivity contribution in [2.24, 2.45) is 5.73 Å². The van der Waals surface area contributed by atoms with Crippen molar-refractivity contribution in [2.75, 3.05) is 19.6 Å². The Morgan fingerprint density at radius 1 is 0.793 bits per heavy atom. The van der Waals surface area contributed by atoms with Crippen LogP contribution in [0.25, 0.3) is 0 Å². The summed E-state index contributed by atoms with van der Waals surface area (Å²) in [5, 5.41) is 10.9. The molecule has 4 nitrogen and oxygen atoms in total. The van der Waals surface area contributed by atoms with Gasteiger partial charge < -0.3 is 16.2 Å². The van der Waals surface area contributed by atoms with Crippen molar-refractivity contribution < 1.29 is 9.90 Å². The van der Waals surface area contributed by atoms with Crippen LogP contribution in [0.2, 0.25) is 0 Å². The standard InChI is InChI=1S/C23H26N2.C2H4O2/c24-17-19-25-18-16-23(20-10-4-1-5-11-20,21-12-6-2-7-13-21)22-14-8-3-9-15-22;1-2(3)4/h1-15,25H,16-19,24H2;1H3,(H,3,4). The van der Waals surface area contributed by atoms with Gasteiger partial charge in [0, 0.05) is 25.4 Å². The molecule has 0 radical (unpaired) electrons. The van der Waals surface area contributed by atoms with Crippen LogP contribution in [0, 0.1) is 0 Å². The predicted molar refractivity (Wildman–Crippen MR) is 119 cm³/mol. The zero-order valence-corrected chi connectivity index (χ0v) is 16.9. The van der Waals surface area contributed by atoms with Crippen molar-refractivity contribution in [1.29, 1.82) is 0 Å². The highest BCUT2D eigenvalue weighted by molar-refractivity contribution is 5.63. The number of rotatable bonds is 8. The van der Waals surface area contributed by atoms with Crippen LogP contribution in [0.5, 0.6) is 0 Å². The predicted octanol–water partition coefficient (Wildman–Crippen LogP) is 4.05. The Morgan fingerprint density at radius 2 is 1.14 bits per heavy atom. The number of nitrogens with one attached hydrogen (secondary N) is 1. The lowest BCUT2D eigenvalue weighted by Crippen LogP contribution is -2.34. The summed E-state index contributed by atoms with van der Waals surface area (Å²) in [6.45, 7) is 3.50. The molecule has 4 N–H and O–H groups in total. The molecule has 0 atom stereocenters. The fourth-order valence-corrected chi connectivity index (χ4v) is 3.60. The molecule has 29 heavy (non-hydrogen) atoms. The molecule has 0 aliphatic heterocycles. The van der Waals surface area contributed by atoms with E-state index in [2.05, 4.69) is 96.3 Å². The van der Waals surface area contributed by atoms with Crippen LogP contribution in [0.1, 0.15) is 30.0 Å². The summed E-state index contributed by atoms with van der Waals surface area (Å²) in [6, 6.07) is 32.4. The number of hydrogen-bond donors (Lipinski definition) is 3. The molecule has 0 aromatic heterocycles. The largest absolute Gasteiger partial charge is 0.481 e. The van der Waals surface area contributed by atoms with E-state index in [0.717, 1.165) is 26.4 Å². The van der Waals surface area contributed by atoms with Crippen molar-refractivity contribution >= 4 is 5.97 Å². The molecule has 3 rings (SSSR count). The molecule has 3 aromatic carbocycles. The normalized spacial score (nSPS) is 10.7. The summed E-state index contributed by atoms with van der Waals surface area (Å²) in [4.78, 5) is 9.00. The fourth-order valence-electron chi connectivity index (χ4n) is 3.60. The summed E-state index contributed by atoms with van der Waals surface area (Å²) in [5.74, 6) is -0.833. The highest BCUT2D eigenvalue weighted by Crippen LogP contribution is 2.41. The SMILES string of the molecule is CC(=O)O.NCCNCCC(c1ccccc1)(c1ccccc1)c1ccccc1. The Bertz CT molecular complexity index is 736. The van der Waals surface area contributed by atoms with Gasteiger partial charge in [0.05, 0.1) is 0 Å². The average Bonchev–Trinajstić information content (AvgIpc) is 2.76. The monoisotopic (exact) mass is 390 g/mol. The number of carboxylic acids is 1. The van der Waals surface area contributed by atoms with Crippen LogP contribution in [0.3, 0.4) is 0 Å². The maximum atomic E-state index is 9.00. The molecule has 0 aliphatic rings. The van der Waals surface area contributed by atoms with Crippen molar-refractivity contribution in [3.8, 4) is 0 Å². The van der Waals surface area contributed by atoms with Gasteiger partial charge in [0.15, 0.2) is 0 Å². The van der Waals surface area contributed by atoms with Gasteiger partial charge >= 0.3 is 0 Å². The van der Waals surface area contributed by atoms with Crippen LogP contribution in [-0.2, 0) is 10.2 Å². The third kappa shape index (κ3) is 6.28. The minimum atomic E-state index is -0.833. The molecule has 4 heteroatoms. The van der Waals surface area contributed by atoms with E-state index in [1.807, 2.05) is 0 Å². The first-order valence-electron chi connectivity index (χ1n) is 9.88. The fraction of sp³-hybridized carbons (Fsp3) is 0.240. The number of hydrogen-bond acceptors (Lipinski definition) is 3. The summed E-state index contributed by atoms with van der Waals surface area (Å²) in [7, 11) is 0. The number of benzene rings is 3. The molecule has 0 fully saturated rings. The summed E-state index contributed by atoms with van der Waals surface area (Å²) in [5.41, 5.74) is 9.44. The van der Waals surface area contributed by atoms with E-state index in [1.165, 1.54) is 16.7 Å². The van der Waals surface area contributed by atoms with Gasteiger partial charge in [-0.05, 0) is 29.7 Å². The van der Waals surface area contributed by atoms with Gasteiger partial charge in [0.1, 0.15) is 0 Å². The Kier molecular flexibility index (Phi) is 9.09. The maximum absolute atomic E-state index is 9.00. The Labute approximate surface area is 173 Å². The summed E-state index contributed by atoms with van der Waals surface area (Å²) in [6.07, 6.45) is 0.977. The van der Waals surface area contributed by atoms with Crippen LogP contribution in [0.15, 0.2) is 91.0 Å². The van der Waals surface area contributed by atoms with Gasteiger partial charge in [-0.25, -0.2) is 0 Å². The Balaban J connectivity index is 0.000000687. The second-order valence-corrected chi connectivity index (χ2v) is 6.81. The van der Waals surface area contributed by atoms with Gasteiger partial charge in [-0.2, -0.15) is 0 Å². The van der Waals surface area contributed by atoms with Crippen LogP contribution >= 0.6 is 0 Å². The third-order valence-electron chi connectivity index (χ3n) is 4.80. The molecule has 0 amide bonds. The Hall–Kier alpha value is -2.95. The van der Waals surface area contributed by atoms with Crippen LogP contribution < -0.4 is 11.1 Å². The van der Waals surface area contributed by atoms with E-state index >= 15 is 0 Å². The zero-order valence-electron chi connectivity index (χ0n) is 16.9. The smallest absolute Gasteiger partial charge is 0.300 e. The van der Waals surface area contributed by atoms with Gasteiger partial charge in [-0.3, -0.25) is 4.79 Å². The molecular formula is C25H30N2O2. The zero-order chi connectivity index (χ0) is 21.0. The first-order chi connectivity index (χ1) is 14.1. The van der Waals surface area contributed by atoms with Gasteiger partial charge in [-0.1, -0.05) is 91.0 Å². The van der Waals surface area contributed by atoms with Crippen LogP contribution in [0.4, 0.5) is 0 Å². The minimum absolute atomic E-state index is 0.175. The number of aliphatic carboxylic acids is 1. The quantitative estimate of drug-likeness (QED) is 0.401. The van der Waals surface area contributed by atoms with E-state index in [1.54, 1.807) is 0 Å². The minimum Gasteiger partial charge on any atom is -0.481 e. The molecular weight excluding hydrogens is 360 g/mol. The first kappa shape index (κ1) is 22.3. The number of nitrogens with two attached hydrogens (primary N) is 1. The van der Waals surface area contributed by atoms with E-state index in [9.17, 15) is 0 Å². The number of carboxylic acid groups (broad SMARTS) is 1. The van der Waals surface area contributed by atoms with E-state index in [-0.39, 0.29) is 5.41 Å². The molecule has 0 unspecified atom stereocenters. The molecule has 0 spiro atoms. The van der Waals surface area contributed by atoms with Gasteiger partial charge in [0.2, 0.25) is 0 Å². The highest BCUT2D eigenvalue weighted by atomic mass is 16.4.